The Bertz CT molecular complexity index is 635. The van der Waals surface area contributed by atoms with Crippen molar-refractivity contribution >= 4 is 16.9 Å². The normalized spacial score (nSPS) is 17.0. The van der Waals surface area contributed by atoms with Crippen LogP contribution in [0.4, 0.5) is 0 Å². The number of hydrogen-bond donors (Lipinski definition) is 2. The highest BCUT2D eigenvalue weighted by Gasteiger charge is 2.46. The van der Waals surface area contributed by atoms with Crippen LogP contribution in [0.15, 0.2) is 18.2 Å². The number of carboxylic acid groups (broad SMARTS) is 1. The fourth-order valence-electron chi connectivity index (χ4n) is 2.80. The number of nitrogens with one attached hydrogen (secondary N) is 1. The summed E-state index contributed by atoms with van der Waals surface area (Å²) in [4.78, 5) is 14.3. The van der Waals surface area contributed by atoms with Crippen molar-refractivity contribution in [2.75, 3.05) is 0 Å². The molecule has 94 valence electrons. The smallest absolute Gasteiger partial charge is 0.304 e. The summed E-state index contributed by atoms with van der Waals surface area (Å²) < 4.78 is 0. The number of hydrogen-bond acceptors (Lipinski definition) is 1. The number of fused-ring (bicyclic) bond motifs is 1. The number of aliphatic carboxylic acids is 1. The van der Waals surface area contributed by atoms with Crippen LogP contribution in [0.25, 0.3) is 10.9 Å². The van der Waals surface area contributed by atoms with Crippen molar-refractivity contribution in [2.24, 2.45) is 0 Å². The maximum atomic E-state index is 11.0. The molecule has 1 fully saturated rings. The molecule has 0 amide bonds. The number of benzene rings is 1. The van der Waals surface area contributed by atoms with Gasteiger partial charge in [-0.3, -0.25) is 4.79 Å². The van der Waals surface area contributed by atoms with Gasteiger partial charge in [0.15, 0.2) is 0 Å². The van der Waals surface area contributed by atoms with Gasteiger partial charge in [0.2, 0.25) is 0 Å². The topological polar surface area (TPSA) is 53.1 Å². The summed E-state index contributed by atoms with van der Waals surface area (Å²) in [5.41, 5.74) is 4.67. The lowest BCUT2D eigenvalue weighted by molar-refractivity contribution is -0.137. The van der Waals surface area contributed by atoms with Gasteiger partial charge in [0.1, 0.15) is 0 Å². The van der Waals surface area contributed by atoms with Gasteiger partial charge in [-0.15, -0.1) is 0 Å². The van der Waals surface area contributed by atoms with Crippen molar-refractivity contribution < 1.29 is 9.90 Å². The Kier molecular flexibility index (Phi) is 2.27. The Morgan fingerprint density at radius 2 is 2.11 bits per heavy atom. The van der Waals surface area contributed by atoms with Gasteiger partial charge in [-0.1, -0.05) is 6.07 Å². The predicted octanol–water partition coefficient (Wildman–Crippen LogP) is 3.29. The lowest BCUT2D eigenvalue weighted by Gasteiger charge is -2.13. The molecule has 1 heterocycles. The molecule has 1 aliphatic rings. The second-order valence-electron chi connectivity index (χ2n) is 5.49. The van der Waals surface area contributed by atoms with E-state index < -0.39 is 5.97 Å². The Hall–Kier alpha value is -1.77. The maximum absolute atomic E-state index is 11.0. The van der Waals surface area contributed by atoms with E-state index in [-0.39, 0.29) is 11.8 Å². The van der Waals surface area contributed by atoms with Crippen LogP contribution < -0.4 is 0 Å². The molecule has 3 heteroatoms. The highest BCUT2D eigenvalue weighted by molar-refractivity contribution is 5.85. The molecule has 1 aromatic heterocycles. The zero-order chi connectivity index (χ0) is 12.9. The van der Waals surface area contributed by atoms with Crippen molar-refractivity contribution in [3.05, 3.63) is 35.0 Å². The van der Waals surface area contributed by atoms with Gasteiger partial charge in [0, 0.05) is 22.0 Å². The lowest BCUT2D eigenvalue weighted by atomic mass is 9.91. The Balaban J connectivity index is 2.08. The summed E-state index contributed by atoms with van der Waals surface area (Å²) in [6.45, 7) is 4.17. The Labute approximate surface area is 106 Å². The molecule has 3 nitrogen and oxygen atoms in total. The number of carboxylic acids is 1. The fourth-order valence-corrected chi connectivity index (χ4v) is 2.80. The summed E-state index contributed by atoms with van der Waals surface area (Å²) in [6, 6.07) is 6.32. The largest absolute Gasteiger partial charge is 0.481 e. The van der Waals surface area contributed by atoms with Gasteiger partial charge in [-0.25, -0.2) is 0 Å². The molecule has 0 aliphatic heterocycles. The molecule has 0 unspecified atom stereocenters. The zero-order valence-corrected chi connectivity index (χ0v) is 10.7. The number of H-pyrrole nitrogens is 1. The average molecular weight is 243 g/mol. The minimum Gasteiger partial charge on any atom is -0.481 e. The lowest BCUT2D eigenvalue weighted by Crippen LogP contribution is -2.12. The molecule has 2 N–H and O–H groups in total. The SMILES string of the molecule is Cc1[nH]c2ccc(C3(CC(=O)O)CC3)cc2c1C. The summed E-state index contributed by atoms with van der Waals surface area (Å²) >= 11 is 0. The van der Waals surface area contributed by atoms with Crippen LogP contribution in [-0.2, 0) is 10.2 Å². The third-order valence-corrected chi connectivity index (χ3v) is 4.26. The number of carbonyl (C=O) groups is 1. The van der Waals surface area contributed by atoms with Gasteiger partial charge >= 0.3 is 5.97 Å². The van der Waals surface area contributed by atoms with Crippen LogP contribution in [0.5, 0.6) is 0 Å². The average Bonchev–Trinajstić information content (AvgIpc) is 3.02. The van der Waals surface area contributed by atoms with Gasteiger partial charge in [0.25, 0.3) is 0 Å². The van der Waals surface area contributed by atoms with E-state index in [0.29, 0.717) is 0 Å². The molecule has 3 rings (SSSR count). The standard InChI is InChI=1S/C15H17NO2/c1-9-10(2)16-13-4-3-11(7-12(9)13)15(5-6-15)8-14(17)18/h3-4,7,16H,5-6,8H2,1-2H3,(H,17,18). The number of aromatic amines is 1. The van der Waals surface area contributed by atoms with Gasteiger partial charge in [-0.05, 0) is 49.9 Å². The first-order valence-electron chi connectivity index (χ1n) is 6.33. The molecular formula is C15H17NO2. The molecule has 0 bridgehead atoms. The van der Waals surface area contributed by atoms with Crippen molar-refractivity contribution in [3.8, 4) is 0 Å². The van der Waals surface area contributed by atoms with Crippen molar-refractivity contribution in [1.29, 1.82) is 0 Å². The summed E-state index contributed by atoms with van der Waals surface area (Å²) in [7, 11) is 0. The molecule has 1 aromatic carbocycles. The van der Waals surface area contributed by atoms with Gasteiger partial charge in [-0.2, -0.15) is 0 Å². The molecule has 2 aromatic rings. The molecule has 0 saturated heterocycles. The van der Waals surface area contributed by atoms with Gasteiger partial charge < -0.3 is 10.1 Å². The van der Waals surface area contributed by atoms with Crippen LogP contribution in [-0.4, -0.2) is 16.1 Å². The second-order valence-corrected chi connectivity index (χ2v) is 5.49. The minimum absolute atomic E-state index is 0.0996. The third-order valence-electron chi connectivity index (χ3n) is 4.26. The first kappa shape index (κ1) is 11.3. The van der Waals surface area contributed by atoms with E-state index in [0.717, 1.165) is 18.4 Å². The maximum Gasteiger partial charge on any atom is 0.304 e. The van der Waals surface area contributed by atoms with Crippen LogP contribution in [0.2, 0.25) is 0 Å². The molecule has 0 radical (unpaired) electrons. The van der Waals surface area contributed by atoms with Crippen LogP contribution in [0.1, 0.15) is 36.1 Å². The van der Waals surface area contributed by atoms with Crippen LogP contribution >= 0.6 is 0 Å². The first-order chi connectivity index (χ1) is 8.52. The van der Waals surface area contributed by atoms with E-state index in [4.69, 9.17) is 5.11 Å². The van der Waals surface area contributed by atoms with Gasteiger partial charge in [0.05, 0.1) is 6.42 Å². The quantitative estimate of drug-likeness (QED) is 0.869. The van der Waals surface area contributed by atoms with Crippen molar-refractivity contribution in [2.45, 2.75) is 38.5 Å². The molecule has 18 heavy (non-hydrogen) atoms. The second kappa shape index (κ2) is 3.61. The zero-order valence-electron chi connectivity index (χ0n) is 10.7. The summed E-state index contributed by atoms with van der Waals surface area (Å²) in [5.74, 6) is -0.699. The number of aryl methyl sites for hydroxylation is 2. The predicted molar refractivity (Wildman–Crippen MR) is 70.9 cm³/mol. The van der Waals surface area contributed by atoms with E-state index in [2.05, 4.69) is 37.0 Å². The highest BCUT2D eigenvalue weighted by Crippen LogP contribution is 2.51. The Morgan fingerprint density at radius 3 is 2.72 bits per heavy atom. The third kappa shape index (κ3) is 1.62. The summed E-state index contributed by atoms with van der Waals surface area (Å²) in [5, 5.41) is 10.2. The van der Waals surface area contributed by atoms with Crippen LogP contribution in [0.3, 0.4) is 0 Å². The van der Waals surface area contributed by atoms with E-state index in [9.17, 15) is 4.79 Å². The van der Waals surface area contributed by atoms with E-state index in [1.165, 1.54) is 22.2 Å². The molecule has 1 aliphatic carbocycles. The molecular weight excluding hydrogens is 226 g/mol. The van der Waals surface area contributed by atoms with E-state index in [1.54, 1.807) is 0 Å². The monoisotopic (exact) mass is 243 g/mol. The molecule has 1 saturated carbocycles. The van der Waals surface area contributed by atoms with Crippen molar-refractivity contribution in [1.82, 2.24) is 4.98 Å². The highest BCUT2D eigenvalue weighted by atomic mass is 16.4. The van der Waals surface area contributed by atoms with Crippen molar-refractivity contribution in [3.63, 3.8) is 0 Å². The molecule has 0 spiro atoms. The van der Waals surface area contributed by atoms with Crippen LogP contribution in [0, 0.1) is 13.8 Å². The minimum atomic E-state index is -0.699. The first-order valence-corrected chi connectivity index (χ1v) is 6.33. The van der Waals surface area contributed by atoms with E-state index >= 15 is 0 Å². The fraction of sp³-hybridized carbons (Fsp3) is 0.400. The molecule has 0 atom stereocenters. The number of aromatic nitrogens is 1. The van der Waals surface area contributed by atoms with E-state index in [1.807, 2.05) is 0 Å². The Morgan fingerprint density at radius 1 is 1.39 bits per heavy atom. The number of rotatable bonds is 3. The summed E-state index contributed by atoms with van der Waals surface area (Å²) in [6.07, 6.45) is 2.24.